The monoisotopic (exact) mass is 311 g/mol. The number of aliphatic hydroxyl groups is 1. The van der Waals surface area contributed by atoms with Crippen molar-refractivity contribution in [2.45, 2.75) is 19.9 Å². The molecule has 0 aromatic carbocycles. The van der Waals surface area contributed by atoms with Crippen molar-refractivity contribution in [2.24, 2.45) is 5.41 Å². The van der Waals surface area contributed by atoms with Gasteiger partial charge in [-0.25, -0.2) is 8.78 Å². The number of alkyl halides is 2. The van der Waals surface area contributed by atoms with Crippen LogP contribution >= 0.6 is 0 Å². The van der Waals surface area contributed by atoms with Crippen LogP contribution in [0.2, 0.25) is 0 Å². The average molecular weight is 311 g/mol. The van der Waals surface area contributed by atoms with Gasteiger partial charge in [-0.15, -0.1) is 0 Å². The average Bonchev–Trinajstić information content (AvgIpc) is 2.74. The second-order valence-electron chi connectivity index (χ2n) is 5.24. The van der Waals surface area contributed by atoms with Gasteiger partial charge in [-0.05, 0) is 6.92 Å². The molecular weight excluding hydrogens is 296 g/mol. The van der Waals surface area contributed by atoms with Crippen LogP contribution in [0.1, 0.15) is 18.1 Å². The van der Waals surface area contributed by atoms with Crippen molar-refractivity contribution in [3.05, 3.63) is 23.5 Å². The largest absolute Gasteiger partial charge is 0.490 e. The van der Waals surface area contributed by atoms with Crippen molar-refractivity contribution in [1.29, 1.82) is 5.26 Å². The lowest BCUT2D eigenvalue weighted by molar-refractivity contribution is -0.155. The van der Waals surface area contributed by atoms with Crippen LogP contribution in [-0.2, 0) is 11.3 Å². The molecule has 2 rings (SSSR count). The molecule has 1 aromatic heterocycles. The van der Waals surface area contributed by atoms with Gasteiger partial charge in [0.05, 0.1) is 19.7 Å². The SMILES string of the molecule is CC(CO)(C(=O)N1CCOc2c(C#N)cncc2C1)C(F)F. The van der Waals surface area contributed by atoms with Crippen molar-refractivity contribution in [3.63, 3.8) is 0 Å². The molecule has 2 heterocycles. The summed E-state index contributed by atoms with van der Waals surface area (Å²) in [5, 5.41) is 18.2. The van der Waals surface area contributed by atoms with Gasteiger partial charge in [0.25, 0.3) is 6.43 Å². The van der Waals surface area contributed by atoms with E-state index in [9.17, 15) is 18.7 Å². The van der Waals surface area contributed by atoms with Crippen molar-refractivity contribution >= 4 is 5.91 Å². The Bertz CT molecular complexity index is 618. The molecule has 1 amide bonds. The maximum atomic E-state index is 13.1. The molecular formula is C14H15F2N3O3. The van der Waals surface area contributed by atoms with E-state index >= 15 is 0 Å². The lowest BCUT2D eigenvalue weighted by Crippen LogP contribution is -2.48. The molecule has 22 heavy (non-hydrogen) atoms. The third-order valence-corrected chi connectivity index (χ3v) is 3.65. The molecule has 1 N–H and O–H groups in total. The van der Waals surface area contributed by atoms with E-state index in [2.05, 4.69) is 4.98 Å². The number of halogens is 2. The fourth-order valence-corrected chi connectivity index (χ4v) is 2.16. The summed E-state index contributed by atoms with van der Waals surface area (Å²) in [7, 11) is 0. The number of aliphatic hydroxyl groups excluding tert-OH is 1. The predicted octanol–water partition coefficient (Wildman–Crippen LogP) is 0.938. The predicted molar refractivity (Wildman–Crippen MR) is 71.1 cm³/mol. The van der Waals surface area contributed by atoms with Gasteiger partial charge in [-0.1, -0.05) is 0 Å². The maximum absolute atomic E-state index is 13.1. The number of hydrogen-bond acceptors (Lipinski definition) is 5. The maximum Gasteiger partial charge on any atom is 0.254 e. The summed E-state index contributed by atoms with van der Waals surface area (Å²) in [5.41, 5.74) is -1.46. The smallest absolute Gasteiger partial charge is 0.254 e. The Labute approximate surface area is 125 Å². The Balaban J connectivity index is 2.32. The van der Waals surface area contributed by atoms with Gasteiger partial charge in [0.1, 0.15) is 29.4 Å². The van der Waals surface area contributed by atoms with E-state index in [1.807, 2.05) is 6.07 Å². The first-order valence-corrected chi connectivity index (χ1v) is 6.62. The zero-order valence-electron chi connectivity index (χ0n) is 11.9. The molecule has 1 aliphatic heterocycles. The third-order valence-electron chi connectivity index (χ3n) is 3.65. The summed E-state index contributed by atoms with van der Waals surface area (Å²) >= 11 is 0. The Morgan fingerprint density at radius 2 is 2.36 bits per heavy atom. The second kappa shape index (κ2) is 6.23. The summed E-state index contributed by atoms with van der Waals surface area (Å²) < 4.78 is 31.7. The molecule has 8 heteroatoms. The minimum atomic E-state index is -2.99. The van der Waals surface area contributed by atoms with Gasteiger partial charge in [-0.2, -0.15) is 5.26 Å². The highest BCUT2D eigenvalue weighted by atomic mass is 19.3. The number of carbonyl (C=O) groups is 1. The molecule has 1 aromatic rings. The molecule has 0 fully saturated rings. The number of pyridine rings is 1. The van der Waals surface area contributed by atoms with Crippen LogP contribution in [0.4, 0.5) is 8.78 Å². The van der Waals surface area contributed by atoms with Gasteiger partial charge in [-0.3, -0.25) is 9.78 Å². The van der Waals surface area contributed by atoms with E-state index < -0.39 is 24.4 Å². The van der Waals surface area contributed by atoms with Gasteiger partial charge in [0.15, 0.2) is 0 Å². The van der Waals surface area contributed by atoms with Crippen LogP contribution in [0.25, 0.3) is 0 Å². The molecule has 1 unspecified atom stereocenters. The Morgan fingerprint density at radius 3 is 2.95 bits per heavy atom. The minimum absolute atomic E-state index is 0.000995. The summed E-state index contributed by atoms with van der Waals surface area (Å²) in [6.45, 7) is 0.225. The van der Waals surface area contributed by atoms with Crippen molar-refractivity contribution in [1.82, 2.24) is 9.88 Å². The molecule has 6 nitrogen and oxygen atoms in total. The molecule has 0 spiro atoms. The minimum Gasteiger partial charge on any atom is -0.490 e. The highest BCUT2D eigenvalue weighted by molar-refractivity contribution is 5.83. The van der Waals surface area contributed by atoms with E-state index in [1.165, 1.54) is 17.3 Å². The molecule has 0 saturated heterocycles. The van der Waals surface area contributed by atoms with Crippen LogP contribution < -0.4 is 4.74 Å². The highest BCUT2D eigenvalue weighted by Gasteiger charge is 2.45. The topological polar surface area (TPSA) is 86.5 Å². The molecule has 0 aliphatic carbocycles. The number of ether oxygens (including phenoxy) is 1. The Hall–Kier alpha value is -2.27. The first-order chi connectivity index (χ1) is 10.4. The molecule has 1 atom stereocenters. The number of nitriles is 1. The molecule has 1 aliphatic rings. The fraction of sp³-hybridized carbons (Fsp3) is 0.500. The number of amides is 1. The number of hydrogen-bond donors (Lipinski definition) is 1. The molecule has 118 valence electrons. The summed E-state index contributed by atoms with van der Waals surface area (Å²) in [6.07, 6.45) is -0.217. The van der Waals surface area contributed by atoms with Crippen LogP contribution in [0.3, 0.4) is 0 Å². The number of rotatable bonds is 3. The normalized spacial score (nSPS) is 17.0. The second-order valence-corrected chi connectivity index (χ2v) is 5.24. The summed E-state index contributed by atoms with van der Waals surface area (Å²) in [4.78, 5) is 17.4. The van der Waals surface area contributed by atoms with Gasteiger partial charge < -0.3 is 14.7 Å². The lowest BCUT2D eigenvalue weighted by Gasteiger charge is -2.31. The number of fused-ring (bicyclic) bond motifs is 1. The van der Waals surface area contributed by atoms with E-state index in [1.54, 1.807) is 0 Å². The Kier molecular flexibility index (Phi) is 4.56. The zero-order valence-corrected chi connectivity index (χ0v) is 11.9. The molecule has 0 radical (unpaired) electrons. The number of aromatic nitrogens is 1. The van der Waals surface area contributed by atoms with E-state index in [0.29, 0.717) is 11.3 Å². The molecule has 0 bridgehead atoms. The van der Waals surface area contributed by atoms with Crippen LogP contribution in [0.5, 0.6) is 5.75 Å². The first kappa shape index (κ1) is 16.1. The van der Waals surface area contributed by atoms with Crippen molar-refractivity contribution < 1.29 is 23.4 Å². The highest BCUT2D eigenvalue weighted by Crippen LogP contribution is 2.31. The third kappa shape index (κ3) is 2.72. The van der Waals surface area contributed by atoms with Gasteiger partial charge in [0, 0.05) is 18.0 Å². The number of nitrogens with zero attached hydrogens (tertiary/aromatic N) is 3. The number of carbonyl (C=O) groups excluding carboxylic acids is 1. The fourth-order valence-electron chi connectivity index (χ4n) is 2.16. The Morgan fingerprint density at radius 1 is 1.64 bits per heavy atom. The van der Waals surface area contributed by atoms with Crippen LogP contribution in [0.15, 0.2) is 12.4 Å². The standard InChI is InChI=1S/C14H15F2N3O3/c1-14(8-20,12(15)16)13(21)19-2-3-22-11-9(4-17)5-18-6-10(11)7-19/h5-6,12,20H,2-3,7-8H2,1H3. The van der Waals surface area contributed by atoms with Crippen LogP contribution in [0, 0.1) is 16.7 Å². The van der Waals surface area contributed by atoms with Gasteiger partial charge >= 0.3 is 0 Å². The van der Waals surface area contributed by atoms with Crippen molar-refractivity contribution in [3.8, 4) is 11.8 Å². The first-order valence-electron chi connectivity index (χ1n) is 6.62. The zero-order chi connectivity index (χ0) is 16.3. The lowest BCUT2D eigenvalue weighted by atomic mass is 9.90. The summed E-state index contributed by atoms with van der Waals surface area (Å²) in [5.74, 6) is -0.542. The van der Waals surface area contributed by atoms with Crippen LogP contribution in [-0.4, -0.2) is 47.1 Å². The van der Waals surface area contributed by atoms with E-state index in [-0.39, 0.29) is 25.3 Å². The molecule has 0 saturated carbocycles. The van der Waals surface area contributed by atoms with Crippen molar-refractivity contribution in [2.75, 3.05) is 19.8 Å². The summed E-state index contributed by atoms with van der Waals surface area (Å²) in [6, 6.07) is 1.94. The van der Waals surface area contributed by atoms with E-state index in [4.69, 9.17) is 10.00 Å². The van der Waals surface area contributed by atoms with Gasteiger partial charge in [0.2, 0.25) is 5.91 Å². The quantitative estimate of drug-likeness (QED) is 0.897. The van der Waals surface area contributed by atoms with E-state index in [0.717, 1.165) is 6.92 Å².